The first-order chi connectivity index (χ1) is 13.0. The predicted molar refractivity (Wildman–Crippen MR) is 91.0 cm³/mol. The number of aromatic nitrogens is 1. The van der Waals surface area contributed by atoms with Crippen molar-refractivity contribution in [1.29, 1.82) is 0 Å². The minimum absolute atomic E-state index is 0.128. The zero-order valence-electron chi connectivity index (χ0n) is 14.4. The van der Waals surface area contributed by atoms with Crippen molar-refractivity contribution in [1.82, 2.24) is 4.98 Å². The normalized spacial score (nSPS) is 23.6. The van der Waals surface area contributed by atoms with Crippen molar-refractivity contribution in [3.05, 3.63) is 65.2 Å². The Morgan fingerprint density at radius 1 is 1.07 bits per heavy atom. The van der Waals surface area contributed by atoms with Crippen LogP contribution < -0.4 is 0 Å². The third kappa shape index (κ3) is 3.50. The topological polar surface area (TPSA) is 70.8 Å². The molecular formula is C18H16F5N2O2S-. The van der Waals surface area contributed by atoms with E-state index in [2.05, 4.69) is 4.98 Å². The van der Waals surface area contributed by atoms with Gasteiger partial charge in [0.25, 0.3) is 0 Å². The van der Waals surface area contributed by atoms with Gasteiger partial charge in [0.15, 0.2) is 9.84 Å². The van der Waals surface area contributed by atoms with Gasteiger partial charge in [0.05, 0.1) is 4.90 Å². The maximum absolute atomic E-state index is 14.5. The highest BCUT2D eigenvalue weighted by Crippen LogP contribution is 2.48. The summed E-state index contributed by atoms with van der Waals surface area (Å²) in [5, 5.41) is 0. The van der Waals surface area contributed by atoms with E-state index in [9.17, 15) is 30.4 Å². The lowest BCUT2D eigenvalue weighted by molar-refractivity contribution is -0.141. The summed E-state index contributed by atoms with van der Waals surface area (Å²) >= 11 is 0. The van der Waals surface area contributed by atoms with Gasteiger partial charge < -0.3 is 5.73 Å². The van der Waals surface area contributed by atoms with Gasteiger partial charge in [0, 0.05) is 11.8 Å². The second-order valence-corrected chi connectivity index (χ2v) is 9.03. The molecule has 10 heteroatoms. The molecule has 3 rings (SSSR count). The molecule has 0 aliphatic heterocycles. The second-order valence-electron chi connectivity index (χ2n) is 6.77. The SMILES string of the molecule is [NH-]C1CCC(c2cc(F)ccc2F)(S(=O)(=O)c2ccc(C(F)(F)F)nc2)CC1. The molecule has 1 aromatic heterocycles. The quantitative estimate of drug-likeness (QED) is 0.654. The van der Waals surface area contributed by atoms with Crippen LogP contribution in [0.15, 0.2) is 41.4 Å². The Bertz CT molecular complexity index is 966. The number of sulfone groups is 1. The molecule has 1 N–H and O–H groups in total. The number of pyridine rings is 1. The van der Waals surface area contributed by atoms with Gasteiger partial charge in [-0.05, 0) is 43.2 Å². The lowest BCUT2D eigenvalue weighted by atomic mass is 9.81. The molecule has 28 heavy (non-hydrogen) atoms. The van der Waals surface area contributed by atoms with Crippen molar-refractivity contribution >= 4 is 9.84 Å². The Morgan fingerprint density at radius 3 is 2.25 bits per heavy atom. The number of alkyl halides is 3. The molecule has 0 amide bonds. The fourth-order valence-corrected chi connectivity index (χ4v) is 5.66. The molecule has 1 fully saturated rings. The highest BCUT2D eigenvalue weighted by Gasteiger charge is 2.49. The summed E-state index contributed by atoms with van der Waals surface area (Å²) in [5.41, 5.74) is 6.18. The lowest BCUT2D eigenvalue weighted by Gasteiger charge is -2.41. The summed E-state index contributed by atoms with van der Waals surface area (Å²) in [4.78, 5) is 2.67. The second kappa shape index (κ2) is 7.07. The molecule has 0 unspecified atom stereocenters. The van der Waals surface area contributed by atoms with E-state index < -0.39 is 49.0 Å². The lowest BCUT2D eigenvalue weighted by Crippen LogP contribution is -2.41. The monoisotopic (exact) mass is 419 g/mol. The summed E-state index contributed by atoms with van der Waals surface area (Å²) in [7, 11) is -4.42. The first kappa shape index (κ1) is 20.7. The van der Waals surface area contributed by atoms with E-state index in [0.29, 0.717) is 12.3 Å². The molecule has 0 saturated heterocycles. The van der Waals surface area contributed by atoms with Crippen LogP contribution in [-0.2, 0) is 20.8 Å². The summed E-state index contributed by atoms with van der Waals surface area (Å²) < 4.78 is 91.4. The Balaban J connectivity index is 2.16. The number of nitrogens with one attached hydrogen (secondary N) is 1. The zero-order chi connectivity index (χ0) is 20.7. The Labute approximate surface area is 158 Å². The van der Waals surface area contributed by atoms with Crippen LogP contribution in [0.3, 0.4) is 0 Å². The standard InChI is InChI=1S/C18H16F5N2O2S/c19-11-1-3-15(20)14(9-11)17(7-5-12(24)6-8-17)28(26,27)13-2-4-16(25-10-13)18(21,22)23/h1-4,9-10,12,24H,5-8H2/q-1. The van der Waals surface area contributed by atoms with Crippen LogP contribution in [0.2, 0.25) is 0 Å². The average Bonchev–Trinajstić information content (AvgIpc) is 2.64. The highest BCUT2D eigenvalue weighted by molar-refractivity contribution is 7.92. The third-order valence-corrected chi connectivity index (χ3v) is 7.58. The summed E-state index contributed by atoms with van der Waals surface area (Å²) in [6.45, 7) is 0. The van der Waals surface area contributed by atoms with Gasteiger partial charge in [-0.3, -0.25) is 4.98 Å². The Morgan fingerprint density at radius 2 is 1.71 bits per heavy atom. The molecule has 1 saturated carbocycles. The minimum Gasteiger partial charge on any atom is -0.675 e. The van der Waals surface area contributed by atoms with E-state index in [1.807, 2.05) is 0 Å². The van der Waals surface area contributed by atoms with Crippen molar-refractivity contribution in [3.63, 3.8) is 0 Å². The zero-order valence-corrected chi connectivity index (χ0v) is 15.2. The molecule has 0 spiro atoms. The van der Waals surface area contributed by atoms with Crippen LogP contribution in [0.5, 0.6) is 0 Å². The van der Waals surface area contributed by atoms with Crippen LogP contribution in [-0.4, -0.2) is 19.4 Å². The molecule has 2 aromatic rings. The van der Waals surface area contributed by atoms with Gasteiger partial charge in [-0.15, -0.1) is 6.04 Å². The number of nitrogens with zero attached hydrogens (tertiary/aromatic N) is 1. The summed E-state index contributed by atoms with van der Waals surface area (Å²) in [6, 6.07) is 3.24. The van der Waals surface area contributed by atoms with Crippen LogP contribution in [0.1, 0.15) is 36.9 Å². The van der Waals surface area contributed by atoms with Gasteiger partial charge in [-0.25, -0.2) is 17.2 Å². The smallest absolute Gasteiger partial charge is 0.433 e. The van der Waals surface area contributed by atoms with E-state index in [-0.39, 0.29) is 31.2 Å². The van der Waals surface area contributed by atoms with Crippen molar-refractivity contribution in [2.24, 2.45) is 0 Å². The number of hydrogen-bond acceptors (Lipinski definition) is 3. The molecule has 1 aromatic carbocycles. The molecule has 1 aliphatic carbocycles. The molecule has 0 radical (unpaired) electrons. The fraction of sp³-hybridized carbons (Fsp3) is 0.389. The largest absolute Gasteiger partial charge is 0.675 e. The van der Waals surface area contributed by atoms with Gasteiger partial charge in [-0.2, -0.15) is 13.2 Å². The van der Waals surface area contributed by atoms with Crippen molar-refractivity contribution < 1.29 is 30.4 Å². The van der Waals surface area contributed by atoms with Crippen LogP contribution in [0.25, 0.3) is 5.73 Å². The van der Waals surface area contributed by atoms with Gasteiger partial charge >= 0.3 is 6.18 Å². The molecule has 1 aliphatic rings. The predicted octanol–water partition coefficient (Wildman–Crippen LogP) is 5.04. The van der Waals surface area contributed by atoms with E-state index >= 15 is 0 Å². The Kier molecular flexibility index (Phi) is 5.22. The number of rotatable bonds is 3. The maximum atomic E-state index is 14.5. The number of benzene rings is 1. The van der Waals surface area contributed by atoms with E-state index in [0.717, 1.165) is 24.3 Å². The van der Waals surface area contributed by atoms with Crippen LogP contribution in [0.4, 0.5) is 22.0 Å². The average molecular weight is 419 g/mol. The van der Waals surface area contributed by atoms with E-state index in [1.54, 1.807) is 0 Å². The van der Waals surface area contributed by atoms with Crippen LogP contribution >= 0.6 is 0 Å². The van der Waals surface area contributed by atoms with Gasteiger partial charge in [-0.1, -0.05) is 12.8 Å². The molecule has 152 valence electrons. The molecule has 0 atom stereocenters. The summed E-state index contributed by atoms with van der Waals surface area (Å²) in [5.74, 6) is -1.75. The van der Waals surface area contributed by atoms with E-state index in [1.165, 1.54) is 0 Å². The third-order valence-electron chi connectivity index (χ3n) is 5.06. The van der Waals surface area contributed by atoms with Crippen molar-refractivity contribution in [3.8, 4) is 0 Å². The van der Waals surface area contributed by atoms with Crippen molar-refractivity contribution in [2.75, 3.05) is 0 Å². The first-order valence-corrected chi connectivity index (χ1v) is 9.90. The minimum atomic E-state index is -4.74. The maximum Gasteiger partial charge on any atom is 0.433 e. The highest BCUT2D eigenvalue weighted by atomic mass is 32.2. The Hall–Kier alpha value is -2.07. The van der Waals surface area contributed by atoms with Gasteiger partial charge in [0.2, 0.25) is 0 Å². The summed E-state index contributed by atoms with van der Waals surface area (Å²) in [6.07, 6.45) is -4.19. The fourth-order valence-electron chi connectivity index (χ4n) is 3.55. The molecule has 4 nitrogen and oxygen atoms in total. The van der Waals surface area contributed by atoms with E-state index in [4.69, 9.17) is 5.73 Å². The molecule has 0 bridgehead atoms. The number of halogens is 5. The molecule has 1 heterocycles. The number of hydrogen-bond donors (Lipinski definition) is 0. The molecular weight excluding hydrogens is 403 g/mol. The van der Waals surface area contributed by atoms with Crippen molar-refractivity contribution in [2.45, 2.75) is 47.5 Å². The van der Waals surface area contributed by atoms with Gasteiger partial charge in [0.1, 0.15) is 22.1 Å². The van der Waals surface area contributed by atoms with Crippen LogP contribution in [0, 0.1) is 11.6 Å². The first-order valence-electron chi connectivity index (χ1n) is 8.42.